The van der Waals surface area contributed by atoms with E-state index in [1.807, 2.05) is 0 Å². The predicted molar refractivity (Wildman–Crippen MR) is 212 cm³/mol. The van der Waals surface area contributed by atoms with Gasteiger partial charge in [-0.15, -0.1) is 0 Å². The Morgan fingerprint density at radius 2 is 0.878 bits per heavy atom. The van der Waals surface area contributed by atoms with Gasteiger partial charge in [0.15, 0.2) is 0 Å². The molecule has 2 aromatic rings. The maximum Gasteiger partial charge on any atom is 0.230 e. The molecule has 1 fully saturated rings. The van der Waals surface area contributed by atoms with Gasteiger partial charge in [-0.2, -0.15) is 0 Å². The fraction of sp³-hybridized carbons (Fsp3) is 0.689. The molecule has 0 bridgehead atoms. The summed E-state index contributed by atoms with van der Waals surface area (Å²) in [6.07, 6.45) is 10.7. The highest BCUT2D eigenvalue weighted by molar-refractivity contribution is 5.87. The highest BCUT2D eigenvalue weighted by atomic mass is 16.7. The Bertz CT molecular complexity index is 1410. The highest BCUT2D eigenvalue weighted by Crippen LogP contribution is 2.46. The first-order valence-corrected chi connectivity index (χ1v) is 19.0. The van der Waals surface area contributed by atoms with E-state index in [0.29, 0.717) is 0 Å². The Labute approximate surface area is 301 Å². The van der Waals surface area contributed by atoms with Crippen molar-refractivity contribution in [3.8, 4) is 11.5 Å². The van der Waals surface area contributed by atoms with Crippen LogP contribution in [0.15, 0.2) is 34.3 Å². The van der Waals surface area contributed by atoms with Gasteiger partial charge < -0.3 is 9.47 Å². The third kappa shape index (κ3) is 10.0. The second kappa shape index (κ2) is 13.8. The molecule has 1 saturated carbocycles. The van der Waals surface area contributed by atoms with Gasteiger partial charge in [-0.05, 0) is 81.4 Å². The summed E-state index contributed by atoms with van der Waals surface area (Å²) >= 11 is 0. The molecule has 2 unspecified atom stereocenters. The van der Waals surface area contributed by atoms with Gasteiger partial charge in [0.25, 0.3) is 0 Å². The number of hydrogen-bond donors (Lipinski definition) is 0. The van der Waals surface area contributed by atoms with Crippen LogP contribution >= 0.6 is 0 Å². The first-order valence-electron chi connectivity index (χ1n) is 19.0. The van der Waals surface area contributed by atoms with Crippen molar-refractivity contribution >= 4 is 12.4 Å². The Kier molecular flexibility index (Phi) is 11.1. The van der Waals surface area contributed by atoms with Crippen LogP contribution in [0.5, 0.6) is 11.5 Å². The molecular weight excluding hydrogens is 601 g/mol. The molecule has 0 radical (unpaired) electrons. The fourth-order valence-corrected chi connectivity index (χ4v) is 8.47. The number of rotatable bonds is 4. The van der Waals surface area contributed by atoms with Gasteiger partial charge >= 0.3 is 0 Å². The molecule has 272 valence electrons. The third-order valence-electron chi connectivity index (χ3n) is 10.3. The van der Waals surface area contributed by atoms with Crippen LogP contribution in [0.2, 0.25) is 0 Å². The number of ether oxygens (including phenoxy) is 2. The van der Waals surface area contributed by atoms with Crippen LogP contribution in [0.3, 0.4) is 0 Å². The zero-order valence-corrected chi connectivity index (χ0v) is 34.3. The molecule has 2 aromatic carbocycles. The lowest BCUT2D eigenvalue weighted by atomic mass is 9.70. The minimum absolute atomic E-state index is 0.0258. The smallest absolute Gasteiger partial charge is 0.230 e. The molecule has 49 heavy (non-hydrogen) atoms. The van der Waals surface area contributed by atoms with E-state index in [2.05, 4.69) is 147 Å². The molecule has 4 heteroatoms. The third-order valence-corrected chi connectivity index (χ3v) is 10.3. The molecule has 0 saturated heterocycles. The summed E-state index contributed by atoms with van der Waals surface area (Å²) in [5.41, 5.74) is 7.09. The first kappa shape index (κ1) is 39.2. The first-order chi connectivity index (χ1) is 22.3. The summed E-state index contributed by atoms with van der Waals surface area (Å²) in [7, 11) is 0. The largest absolute Gasteiger partial charge is 0.456 e. The number of aliphatic imine (C=N–C) groups is 2. The maximum atomic E-state index is 6.90. The van der Waals surface area contributed by atoms with Gasteiger partial charge in [0.1, 0.15) is 11.5 Å². The van der Waals surface area contributed by atoms with Crippen LogP contribution in [-0.2, 0) is 21.7 Å². The molecule has 4 rings (SSSR count). The number of fused-ring (bicyclic) bond motifs is 3. The van der Waals surface area contributed by atoms with E-state index >= 15 is 0 Å². The second-order valence-electron chi connectivity index (χ2n) is 21.0. The molecule has 2 atom stereocenters. The van der Waals surface area contributed by atoms with Crippen molar-refractivity contribution in [2.75, 3.05) is 6.79 Å². The van der Waals surface area contributed by atoms with Crippen molar-refractivity contribution in [1.82, 2.24) is 0 Å². The van der Waals surface area contributed by atoms with Crippen molar-refractivity contribution in [2.45, 2.75) is 183 Å². The fourth-order valence-electron chi connectivity index (χ4n) is 8.47. The molecule has 1 aliphatic heterocycles. The average molecular weight is 671 g/mol. The number of nitrogens with zero attached hydrogens (tertiary/aromatic N) is 2. The van der Waals surface area contributed by atoms with Crippen LogP contribution in [0, 0.1) is 10.8 Å². The topological polar surface area (TPSA) is 43.2 Å². The van der Waals surface area contributed by atoms with Gasteiger partial charge in [-0.1, -0.05) is 136 Å². The standard InChI is InChI=1S/C45H70N2O2/c1-40(2,3)27-44(13,14)34-23-32(42(7,8)9)21-30-25-46-36-19-17-18-20-37(36)47-26-31-22-33(43(10,11)12)24-35(39(31)49-29-48-38(30)34)45(15,16)28-41(4,5)6/h21-26,36-37H,17-20,27-29H2,1-16H3. The Morgan fingerprint density at radius 3 is 1.18 bits per heavy atom. The summed E-state index contributed by atoms with van der Waals surface area (Å²) in [5.74, 6) is 1.78. The number of benzene rings is 2. The van der Waals surface area contributed by atoms with E-state index in [1.54, 1.807) is 0 Å². The van der Waals surface area contributed by atoms with Crippen molar-refractivity contribution in [2.24, 2.45) is 20.8 Å². The molecule has 2 aliphatic rings. The van der Waals surface area contributed by atoms with E-state index in [4.69, 9.17) is 19.5 Å². The number of hydrogen-bond acceptors (Lipinski definition) is 4. The minimum Gasteiger partial charge on any atom is -0.456 e. The summed E-state index contributed by atoms with van der Waals surface area (Å²) in [6, 6.07) is 9.66. The lowest BCUT2D eigenvalue weighted by Crippen LogP contribution is -2.28. The van der Waals surface area contributed by atoms with Gasteiger partial charge in [0, 0.05) is 34.7 Å². The Morgan fingerprint density at radius 1 is 0.531 bits per heavy atom. The normalized spacial score (nSPS) is 19.8. The monoisotopic (exact) mass is 671 g/mol. The zero-order chi connectivity index (χ0) is 36.8. The van der Waals surface area contributed by atoms with Gasteiger partial charge in [0.05, 0.1) is 12.1 Å². The van der Waals surface area contributed by atoms with Crippen molar-refractivity contribution < 1.29 is 9.47 Å². The Hall–Kier alpha value is -2.62. The van der Waals surface area contributed by atoms with Gasteiger partial charge in [0.2, 0.25) is 6.79 Å². The van der Waals surface area contributed by atoms with Crippen LogP contribution in [0.4, 0.5) is 0 Å². The molecule has 1 aliphatic carbocycles. The molecule has 0 spiro atoms. The van der Waals surface area contributed by atoms with E-state index in [1.165, 1.54) is 35.1 Å². The van der Waals surface area contributed by atoms with Crippen LogP contribution in [0.1, 0.15) is 183 Å². The lowest BCUT2D eigenvalue weighted by Gasteiger charge is -2.36. The molecule has 4 nitrogen and oxygen atoms in total. The van der Waals surface area contributed by atoms with Gasteiger partial charge in [-0.3, -0.25) is 9.98 Å². The van der Waals surface area contributed by atoms with Crippen molar-refractivity contribution in [3.63, 3.8) is 0 Å². The summed E-state index contributed by atoms with van der Waals surface area (Å²) in [6.45, 7) is 37.3. The molecule has 0 N–H and O–H groups in total. The maximum absolute atomic E-state index is 6.90. The molecule has 0 amide bonds. The van der Waals surface area contributed by atoms with Crippen molar-refractivity contribution in [3.05, 3.63) is 57.6 Å². The average Bonchev–Trinajstić information content (AvgIpc) is 2.92. The molecular formula is C45H70N2O2. The SMILES string of the molecule is CC(C)(C)CC(C)(C)c1cc(C(C)(C)C)cc2c1OCOc1c(cc(C(C)(C)C)cc1C(C)(C)CC(C)(C)C)C=NC1CCCCC1N=C2. The Balaban J connectivity index is 1.99. The quantitative estimate of drug-likeness (QED) is 0.325. The molecule has 1 heterocycles. The van der Waals surface area contributed by atoms with Crippen LogP contribution in [-0.4, -0.2) is 31.3 Å². The molecule has 0 aromatic heterocycles. The van der Waals surface area contributed by atoms with Crippen molar-refractivity contribution in [1.29, 1.82) is 0 Å². The van der Waals surface area contributed by atoms with Crippen LogP contribution in [0.25, 0.3) is 0 Å². The van der Waals surface area contributed by atoms with E-state index in [9.17, 15) is 0 Å². The summed E-state index contributed by atoms with van der Waals surface area (Å²) in [5, 5.41) is 0. The van der Waals surface area contributed by atoms with Crippen LogP contribution < -0.4 is 9.47 Å². The highest BCUT2D eigenvalue weighted by Gasteiger charge is 2.35. The lowest BCUT2D eigenvalue weighted by molar-refractivity contribution is 0.113. The van der Waals surface area contributed by atoms with Gasteiger partial charge in [-0.25, -0.2) is 0 Å². The predicted octanol–water partition coefficient (Wildman–Crippen LogP) is 12.3. The summed E-state index contributed by atoms with van der Waals surface area (Å²) in [4.78, 5) is 10.6. The van der Waals surface area contributed by atoms with E-state index < -0.39 is 0 Å². The zero-order valence-electron chi connectivity index (χ0n) is 34.3. The minimum atomic E-state index is -0.138. The summed E-state index contributed by atoms with van der Waals surface area (Å²) < 4.78 is 13.8. The van der Waals surface area contributed by atoms with E-state index in [0.717, 1.165) is 48.3 Å². The second-order valence-corrected chi connectivity index (χ2v) is 21.0. The van der Waals surface area contributed by atoms with E-state index in [-0.39, 0.29) is 51.4 Å².